The van der Waals surface area contributed by atoms with Crippen molar-refractivity contribution < 1.29 is 14.7 Å². The molecule has 4 rings (SSSR count). The van der Waals surface area contributed by atoms with Gasteiger partial charge in [-0.15, -0.1) is 0 Å². The van der Waals surface area contributed by atoms with E-state index in [2.05, 4.69) is 13.8 Å². The first-order valence-corrected chi connectivity index (χ1v) is 8.82. The summed E-state index contributed by atoms with van der Waals surface area (Å²) < 4.78 is 0. The Kier molecular flexibility index (Phi) is 3.01. The summed E-state index contributed by atoms with van der Waals surface area (Å²) in [5.74, 6) is 2.01. The summed E-state index contributed by atoms with van der Waals surface area (Å²) in [6.45, 7) is 4.42. The lowest BCUT2D eigenvalue weighted by Crippen LogP contribution is -2.54. The third-order valence-corrected chi connectivity index (χ3v) is 7.69. The lowest BCUT2D eigenvalue weighted by atomic mass is 9.47. The SMILES string of the molecule is C[C@]12CCC(=O)C=C1[C@H](O)C[C@@H]1[C@@H]2CC[C@]2(C)C(=O)CC[C@@H]12. The molecule has 4 aliphatic carbocycles. The molecule has 0 aromatic carbocycles. The fourth-order valence-corrected chi connectivity index (χ4v) is 6.38. The number of carbonyl (C=O) groups is 2. The highest BCUT2D eigenvalue weighted by Crippen LogP contribution is 2.64. The highest BCUT2D eigenvalue weighted by molar-refractivity contribution is 5.92. The third-order valence-electron chi connectivity index (χ3n) is 7.69. The molecule has 3 nitrogen and oxygen atoms in total. The van der Waals surface area contributed by atoms with Crippen LogP contribution in [0.3, 0.4) is 0 Å². The predicted molar refractivity (Wildman–Crippen MR) is 83.1 cm³/mol. The van der Waals surface area contributed by atoms with Crippen LogP contribution >= 0.6 is 0 Å². The van der Waals surface area contributed by atoms with E-state index in [-0.39, 0.29) is 16.6 Å². The summed E-state index contributed by atoms with van der Waals surface area (Å²) in [5, 5.41) is 10.7. The first kappa shape index (κ1) is 14.6. The fraction of sp³-hybridized carbons (Fsp3) is 0.789. The molecule has 0 bridgehead atoms. The van der Waals surface area contributed by atoms with Crippen LogP contribution in [0.4, 0.5) is 0 Å². The Morgan fingerprint density at radius 3 is 2.55 bits per heavy atom. The number of carbonyl (C=O) groups excluding carboxylic acids is 2. The standard InChI is InChI=1S/C19H26O3/c1-18-7-5-11(20)9-15(18)16(21)10-12-13-3-4-17(22)19(13,2)8-6-14(12)18/h9,12-14,16,21H,3-8,10H2,1-2H3/t12-,13-,14-,16+,18+,19-/m0/s1. The zero-order valence-corrected chi connectivity index (χ0v) is 13.6. The molecule has 0 spiro atoms. The summed E-state index contributed by atoms with van der Waals surface area (Å²) in [5.41, 5.74) is 0.796. The highest BCUT2D eigenvalue weighted by Gasteiger charge is 2.60. The molecular formula is C19H26O3. The topological polar surface area (TPSA) is 54.4 Å². The minimum atomic E-state index is -0.492. The van der Waals surface area contributed by atoms with Gasteiger partial charge in [0.05, 0.1) is 6.10 Å². The van der Waals surface area contributed by atoms with E-state index in [0.29, 0.717) is 30.0 Å². The largest absolute Gasteiger partial charge is 0.389 e. The quantitative estimate of drug-likeness (QED) is 0.748. The molecule has 0 amide bonds. The summed E-state index contributed by atoms with van der Waals surface area (Å²) >= 11 is 0. The van der Waals surface area contributed by atoms with E-state index in [9.17, 15) is 14.7 Å². The molecule has 3 fully saturated rings. The van der Waals surface area contributed by atoms with Crippen LogP contribution < -0.4 is 0 Å². The Hall–Kier alpha value is -0.960. The molecule has 0 aromatic rings. The Morgan fingerprint density at radius 1 is 1.05 bits per heavy atom. The lowest BCUT2D eigenvalue weighted by molar-refractivity contribution is -0.134. The number of ketones is 2. The van der Waals surface area contributed by atoms with E-state index in [4.69, 9.17) is 0 Å². The second-order valence-electron chi connectivity index (χ2n) is 8.53. The van der Waals surface area contributed by atoms with Crippen molar-refractivity contribution in [3.8, 4) is 0 Å². The predicted octanol–water partition coefficient (Wildman–Crippen LogP) is 3.06. The molecule has 0 aromatic heterocycles. The second kappa shape index (κ2) is 4.53. The molecule has 120 valence electrons. The summed E-state index contributed by atoms with van der Waals surface area (Å²) in [6, 6.07) is 0. The molecule has 3 heteroatoms. The number of aliphatic hydroxyl groups is 1. The molecule has 1 N–H and O–H groups in total. The number of fused-ring (bicyclic) bond motifs is 5. The third kappa shape index (κ3) is 1.72. The highest BCUT2D eigenvalue weighted by atomic mass is 16.3. The maximum absolute atomic E-state index is 12.4. The molecule has 0 heterocycles. The minimum absolute atomic E-state index is 0.0385. The van der Waals surface area contributed by atoms with Gasteiger partial charge >= 0.3 is 0 Å². The molecule has 0 saturated heterocycles. The minimum Gasteiger partial charge on any atom is -0.389 e. The van der Waals surface area contributed by atoms with E-state index in [1.165, 1.54) is 0 Å². The number of Topliss-reactive ketones (excluding diaryl/α,β-unsaturated/α-hetero) is 1. The number of aliphatic hydroxyl groups excluding tert-OH is 1. The van der Waals surface area contributed by atoms with Crippen molar-refractivity contribution in [1.82, 2.24) is 0 Å². The number of hydrogen-bond acceptors (Lipinski definition) is 3. The molecule has 0 aliphatic heterocycles. The van der Waals surface area contributed by atoms with Crippen LogP contribution in [0.25, 0.3) is 0 Å². The van der Waals surface area contributed by atoms with Crippen molar-refractivity contribution in [1.29, 1.82) is 0 Å². The average molecular weight is 302 g/mol. The van der Waals surface area contributed by atoms with Crippen molar-refractivity contribution in [3.63, 3.8) is 0 Å². The van der Waals surface area contributed by atoms with Gasteiger partial charge in [0.2, 0.25) is 0 Å². The average Bonchev–Trinajstić information content (AvgIpc) is 2.77. The van der Waals surface area contributed by atoms with Crippen LogP contribution in [0.5, 0.6) is 0 Å². The molecular weight excluding hydrogens is 276 g/mol. The maximum Gasteiger partial charge on any atom is 0.155 e. The molecule has 22 heavy (non-hydrogen) atoms. The smallest absolute Gasteiger partial charge is 0.155 e. The summed E-state index contributed by atoms with van der Waals surface area (Å²) in [7, 11) is 0. The zero-order valence-electron chi connectivity index (χ0n) is 13.6. The van der Waals surface area contributed by atoms with E-state index >= 15 is 0 Å². The zero-order chi connectivity index (χ0) is 15.7. The van der Waals surface area contributed by atoms with E-state index in [1.807, 2.05) is 0 Å². The fourth-order valence-electron chi connectivity index (χ4n) is 6.38. The Labute approximate surface area is 132 Å². The van der Waals surface area contributed by atoms with Crippen LogP contribution in [-0.4, -0.2) is 22.8 Å². The van der Waals surface area contributed by atoms with Gasteiger partial charge in [0, 0.05) is 18.3 Å². The first-order chi connectivity index (χ1) is 10.4. The first-order valence-electron chi connectivity index (χ1n) is 8.82. The van der Waals surface area contributed by atoms with E-state index in [0.717, 1.165) is 44.1 Å². The van der Waals surface area contributed by atoms with Crippen LogP contribution in [0.2, 0.25) is 0 Å². The van der Waals surface area contributed by atoms with Gasteiger partial charge in [0.15, 0.2) is 5.78 Å². The Balaban J connectivity index is 1.74. The Bertz CT molecular complexity index is 577. The monoisotopic (exact) mass is 302 g/mol. The second-order valence-corrected chi connectivity index (χ2v) is 8.53. The molecule has 0 unspecified atom stereocenters. The van der Waals surface area contributed by atoms with Gasteiger partial charge in [-0.1, -0.05) is 13.8 Å². The van der Waals surface area contributed by atoms with Gasteiger partial charge in [-0.25, -0.2) is 0 Å². The van der Waals surface area contributed by atoms with Crippen molar-refractivity contribution in [2.75, 3.05) is 0 Å². The van der Waals surface area contributed by atoms with Crippen LogP contribution in [-0.2, 0) is 9.59 Å². The van der Waals surface area contributed by atoms with Crippen LogP contribution in [0, 0.1) is 28.6 Å². The van der Waals surface area contributed by atoms with E-state index < -0.39 is 6.10 Å². The van der Waals surface area contributed by atoms with E-state index in [1.54, 1.807) is 6.08 Å². The number of rotatable bonds is 0. The molecule has 4 aliphatic rings. The van der Waals surface area contributed by atoms with Crippen LogP contribution in [0.1, 0.15) is 58.8 Å². The Morgan fingerprint density at radius 2 is 1.77 bits per heavy atom. The van der Waals surface area contributed by atoms with Gasteiger partial charge in [-0.05, 0) is 66.9 Å². The molecule has 0 radical (unpaired) electrons. The molecule has 3 saturated carbocycles. The van der Waals surface area contributed by atoms with Crippen molar-refractivity contribution in [2.24, 2.45) is 28.6 Å². The van der Waals surface area contributed by atoms with Gasteiger partial charge in [-0.2, -0.15) is 0 Å². The summed E-state index contributed by atoms with van der Waals surface area (Å²) in [6.07, 6.45) is 7.24. The van der Waals surface area contributed by atoms with Crippen molar-refractivity contribution in [3.05, 3.63) is 11.6 Å². The van der Waals surface area contributed by atoms with Gasteiger partial charge in [0.1, 0.15) is 5.78 Å². The summed E-state index contributed by atoms with van der Waals surface area (Å²) in [4.78, 5) is 24.2. The maximum atomic E-state index is 12.4. The van der Waals surface area contributed by atoms with Crippen LogP contribution in [0.15, 0.2) is 11.6 Å². The van der Waals surface area contributed by atoms with Gasteiger partial charge in [0.25, 0.3) is 0 Å². The van der Waals surface area contributed by atoms with Crippen molar-refractivity contribution in [2.45, 2.75) is 64.9 Å². The molecule has 6 atom stereocenters. The van der Waals surface area contributed by atoms with Gasteiger partial charge in [-0.3, -0.25) is 9.59 Å². The lowest BCUT2D eigenvalue weighted by Gasteiger charge is -2.58. The van der Waals surface area contributed by atoms with Crippen molar-refractivity contribution >= 4 is 11.6 Å². The normalized spacial score (nSPS) is 51.0. The number of hydrogen-bond donors (Lipinski definition) is 1. The van der Waals surface area contributed by atoms with Gasteiger partial charge < -0.3 is 5.11 Å².